The maximum absolute atomic E-state index is 13.0. The summed E-state index contributed by atoms with van der Waals surface area (Å²) in [7, 11) is 0. The average molecular weight is 411 g/mol. The van der Waals surface area contributed by atoms with Gasteiger partial charge in [-0.25, -0.2) is 9.78 Å². The van der Waals surface area contributed by atoms with E-state index in [1.54, 1.807) is 11.1 Å². The van der Waals surface area contributed by atoms with Crippen LogP contribution in [0, 0.1) is 5.92 Å². The molecule has 0 bridgehead atoms. The van der Waals surface area contributed by atoms with Crippen molar-refractivity contribution in [2.45, 2.75) is 45.6 Å². The third kappa shape index (κ3) is 4.35. The first-order chi connectivity index (χ1) is 14.3. The molecule has 1 N–H and O–H groups in total. The molecule has 7 heteroatoms. The van der Waals surface area contributed by atoms with Gasteiger partial charge < -0.3 is 19.5 Å². The molecule has 0 spiro atoms. The molecule has 2 aliphatic rings. The highest BCUT2D eigenvalue weighted by Gasteiger charge is 2.32. The number of hydrogen-bond acceptors (Lipinski definition) is 4. The van der Waals surface area contributed by atoms with Gasteiger partial charge in [0.25, 0.3) is 0 Å². The zero-order valence-corrected chi connectivity index (χ0v) is 18.0. The van der Waals surface area contributed by atoms with E-state index in [1.165, 1.54) is 11.1 Å². The normalized spacial score (nSPS) is 18.4. The van der Waals surface area contributed by atoms with Gasteiger partial charge in [-0.1, -0.05) is 6.08 Å². The summed E-state index contributed by atoms with van der Waals surface area (Å²) < 4.78 is 5.44. The lowest BCUT2D eigenvalue weighted by Gasteiger charge is -2.35. The summed E-state index contributed by atoms with van der Waals surface area (Å²) in [4.78, 5) is 36.5. The van der Waals surface area contributed by atoms with Gasteiger partial charge in [-0.15, -0.1) is 0 Å². The Morgan fingerprint density at radius 3 is 2.60 bits per heavy atom. The molecule has 0 saturated carbocycles. The van der Waals surface area contributed by atoms with Crippen LogP contribution >= 0.6 is 0 Å². The second kappa shape index (κ2) is 8.13. The molecule has 0 aromatic carbocycles. The van der Waals surface area contributed by atoms with Gasteiger partial charge in [0, 0.05) is 55.4 Å². The van der Waals surface area contributed by atoms with E-state index >= 15 is 0 Å². The van der Waals surface area contributed by atoms with Crippen LogP contribution < -0.4 is 0 Å². The third-order valence-corrected chi connectivity index (χ3v) is 5.81. The number of nitrogens with one attached hydrogen (secondary N) is 1. The lowest BCUT2D eigenvalue weighted by molar-refractivity contribution is -0.136. The van der Waals surface area contributed by atoms with Crippen molar-refractivity contribution in [1.29, 1.82) is 0 Å². The highest BCUT2D eigenvalue weighted by atomic mass is 16.6. The number of ether oxygens (including phenoxy) is 1. The Kier molecular flexibility index (Phi) is 5.54. The molecule has 2 aromatic heterocycles. The fourth-order valence-corrected chi connectivity index (χ4v) is 4.23. The number of carbonyl (C=O) groups is 2. The monoisotopic (exact) mass is 410 g/mol. The molecular weight excluding hydrogens is 380 g/mol. The van der Waals surface area contributed by atoms with Crippen molar-refractivity contribution >= 4 is 28.6 Å². The Bertz CT molecular complexity index is 964. The van der Waals surface area contributed by atoms with Crippen LogP contribution in [0.5, 0.6) is 0 Å². The molecular formula is C23H30N4O3. The molecule has 4 rings (SSSR count). The van der Waals surface area contributed by atoms with Gasteiger partial charge in [0.1, 0.15) is 11.2 Å². The number of H-pyrrole nitrogens is 1. The SMILES string of the molecule is CC(C)(C)OC(=O)N1CCC(C(=O)N2CC=C(c3c[nH]c4ncccc34)CC2)CC1. The van der Waals surface area contributed by atoms with Gasteiger partial charge in [0.15, 0.2) is 0 Å². The van der Waals surface area contributed by atoms with Crippen molar-refractivity contribution < 1.29 is 14.3 Å². The zero-order valence-electron chi connectivity index (χ0n) is 18.0. The summed E-state index contributed by atoms with van der Waals surface area (Å²) in [6.45, 7) is 8.10. The Morgan fingerprint density at radius 1 is 1.17 bits per heavy atom. The molecule has 4 heterocycles. The number of hydrogen-bond donors (Lipinski definition) is 1. The number of piperidine rings is 1. The van der Waals surface area contributed by atoms with Crippen molar-refractivity contribution in [1.82, 2.24) is 19.8 Å². The quantitative estimate of drug-likeness (QED) is 0.816. The Labute approximate surface area is 177 Å². The third-order valence-electron chi connectivity index (χ3n) is 5.81. The van der Waals surface area contributed by atoms with Gasteiger partial charge in [0.2, 0.25) is 5.91 Å². The maximum atomic E-state index is 13.0. The van der Waals surface area contributed by atoms with Crippen molar-refractivity contribution in [3.05, 3.63) is 36.2 Å². The van der Waals surface area contributed by atoms with Gasteiger partial charge in [-0.2, -0.15) is 0 Å². The molecule has 2 amide bonds. The first-order valence-corrected chi connectivity index (χ1v) is 10.7. The van der Waals surface area contributed by atoms with E-state index in [4.69, 9.17) is 4.74 Å². The molecule has 160 valence electrons. The number of likely N-dealkylation sites (tertiary alicyclic amines) is 1. The predicted octanol–water partition coefficient (Wildman–Crippen LogP) is 3.83. The van der Waals surface area contributed by atoms with E-state index in [9.17, 15) is 9.59 Å². The van der Waals surface area contributed by atoms with E-state index in [2.05, 4.69) is 22.1 Å². The summed E-state index contributed by atoms with van der Waals surface area (Å²) in [5.41, 5.74) is 2.83. The lowest BCUT2D eigenvalue weighted by Crippen LogP contribution is -2.46. The Balaban J connectivity index is 1.33. The van der Waals surface area contributed by atoms with Crippen molar-refractivity contribution in [3.8, 4) is 0 Å². The summed E-state index contributed by atoms with van der Waals surface area (Å²) in [5, 5.41) is 1.12. The molecule has 0 unspecified atom stereocenters. The fraction of sp³-hybridized carbons (Fsp3) is 0.522. The van der Waals surface area contributed by atoms with E-state index < -0.39 is 5.60 Å². The summed E-state index contributed by atoms with van der Waals surface area (Å²) >= 11 is 0. The number of carbonyl (C=O) groups excluding carboxylic acids is 2. The molecule has 7 nitrogen and oxygen atoms in total. The van der Waals surface area contributed by atoms with Crippen LogP contribution in [-0.2, 0) is 9.53 Å². The lowest BCUT2D eigenvalue weighted by atomic mass is 9.93. The molecule has 1 fully saturated rings. The van der Waals surface area contributed by atoms with Crippen LogP contribution in [0.3, 0.4) is 0 Å². The summed E-state index contributed by atoms with van der Waals surface area (Å²) in [6.07, 6.45) is 7.89. The van der Waals surface area contributed by atoms with Gasteiger partial charge >= 0.3 is 6.09 Å². The minimum atomic E-state index is -0.498. The summed E-state index contributed by atoms with van der Waals surface area (Å²) in [6, 6.07) is 4.02. The molecule has 30 heavy (non-hydrogen) atoms. The number of aromatic amines is 1. The second-order valence-corrected chi connectivity index (χ2v) is 9.11. The molecule has 0 radical (unpaired) electrons. The number of aromatic nitrogens is 2. The van der Waals surface area contributed by atoms with E-state index in [-0.39, 0.29) is 17.9 Å². The van der Waals surface area contributed by atoms with Gasteiger partial charge in [-0.3, -0.25) is 4.79 Å². The Hall–Kier alpha value is -2.83. The molecule has 2 aromatic rings. The van der Waals surface area contributed by atoms with Crippen LogP contribution in [0.1, 0.15) is 45.6 Å². The number of fused-ring (bicyclic) bond motifs is 1. The maximum Gasteiger partial charge on any atom is 0.410 e. The smallest absolute Gasteiger partial charge is 0.410 e. The summed E-state index contributed by atoms with van der Waals surface area (Å²) in [5.74, 6) is 0.186. The van der Waals surface area contributed by atoms with Crippen molar-refractivity contribution in [3.63, 3.8) is 0 Å². The van der Waals surface area contributed by atoms with E-state index in [1.807, 2.05) is 37.9 Å². The molecule has 1 saturated heterocycles. The van der Waals surface area contributed by atoms with E-state index in [0.29, 0.717) is 32.5 Å². The minimum Gasteiger partial charge on any atom is -0.444 e. The van der Waals surface area contributed by atoms with Crippen LogP contribution in [0.2, 0.25) is 0 Å². The number of rotatable bonds is 2. The zero-order chi connectivity index (χ0) is 21.3. The first kappa shape index (κ1) is 20.4. The van der Waals surface area contributed by atoms with Gasteiger partial charge in [0.05, 0.1) is 0 Å². The number of pyridine rings is 1. The van der Waals surface area contributed by atoms with Crippen LogP contribution in [0.4, 0.5) is 4.79 Å². The standard InChI is InChI=1S/C23H30N4O3/c1-23(2,3)30-22(29)27-13-8-17(9-14-27)21(28)26-11-6-16(7-12-26)19-15-25-20-18(19)5-4-10-24-20/h4-6,10,15,17H,7-9,11-14H2,1-3H3,(H,24,25). The van der Waals surface area contributed by atoms with Crippen molar-refractivity contribution in [2.75, 3.05) is 26.2 Å². The second-order valence-electron chi connectivity index (χ2n) is 9.11. The van der Waals surface area contributed by atoms with Gasteiger partial charge in [-0.05, 0) is 57.7 Å². The predicted molar refractivity (Wildman–Crippen MR) is 116 cm³/mol. The van der Waals surface area contributed by atoms with E-state index in [0.717, 1.165) is 24.0 Å². The molecule has 2 aliphatic heterocycles. The highest BCUT2D eigenvalue weighted by molar-refractivity contribution is 5.91. The number of amides is 2. The fourth-order valence-electron chi connectivity index (χ4n) is 4.23. The van der Waals surface area contributed by atoms with Crippen LogP contribution in [-0.4, -0.2) is 63.5 Å². The topological polar surface area (TPSA) is 78.5 Å². The highest BCUT2D eigenvalue weighted by Crippen LogP contribution is 2.29. The molecule has 0 aliphatic carbocycles. The van der Waals surface area contributed by atoms with Crippen molar-refractivity contribution in [2.24, 2.45) is 5.92 Å². The Morgan fingerprint density at radius 2 is 1.93 bits per heavy atom. The minimum absolute atomic E-state index is 0.0177. The molecule has 0 atom stereocenters. The first-order valence-electron chi connectivity index (χ1n) is 10.7. The average Bonchev–Trinajstić information content (AvgIpc) is 3.16. The van der Waals surface area contributed by atoms with Crippen LogP contribution in [0.15, 0.2) is 30.6 Å². The number of nitrogens with zero attached hydrogens (tertiary/aromatic N) is 3. The van der Waals surface area contributed by atoms with Crippen LogP contribution in [0.25, 0.3) is 16.6 Å². The largest absolute Gasteiger partial charge is 0.444 e.